The predicted octanol–water partition coefficient (Wildman–Crippen LogP) is 2.20. The summed E-state index contributed by atoms with van der Waals surface area (Å²) >= 11 is 0. The van der Waals surface area contributed by atoms with Crippen molar-refractivity contribution in [2.75, 3.05) is 36.0 Å². The van der Waals surface area contributed by atoms with Crippen LogP contribution in [0.4, 0.5) is 11.6 Å². The number of nitrogens with two attached hydrogens (primary N) is 1. The number of aromatic amines is 1. The summed E-state index contributed by atoms with van der Waals surface area (Å²) in [7, 11) is 0. The zero-order valence-corrected chi connectivity index (χ0v) is 15.8. The van der Waals surface area contributed by atoms with Gasteiger partial charge in [0.1, 0.15) is 5.82 Å². The van der Waals surface area contributed by atoms with Gasteiger partial charge in [0, 0.05) is 31.5 Å². The predicted molar refractivity (Wildman–Crippen MR) is 107 cm³/mol. The highest BCUT2D eigenvalue weighted by Gasteiger charge is 2.33. The lowest BCUT2D eigenvalue weighted by Crippen LogP contribution is -2.31. The van der Waals surface area contributed by atoms with Gasteiger partial charge in [-0.15, -0.1) is 0 Å². The highest BCUT2D eigenvalue weighted by atomic mass is 15.3. The van der Waals surface area contributed by atoms with Crippen LogP contribution in [0.15, 0.2) is 22.6 Å². The van der Waals surface area contributed by atoms with Gasteiger partial charge in [-0.05, 0) is 44.1 Å². The molecule has 2 aromatic heterocycles. The van der Waals surface area contributed by atoms with Crippen LogP contribution in [0.2, 0.25) is 0 Å². The van der Waals surface area contributed by atoms with E-state index in [1.807, 2.05) is 12.4 Å². The standard InChI is InChI=1S/C19H26N8/c1-19(11-20)6-9-26(12-19)15-10-22-16-17(23-15)24-25-18(16)27-8-3-4-13-14(27)5-2-7-21-13/h7,10H,2-6,8-9,11-12,20H2,1H3,(H,23,24,25). The number of hydrogen-bond donors (Lipinski definition) is 2. The molecule has 3 N–H and O–H groups in total. The third-order valence-corrected chi connectivity index (χ3v) is 6.08. The van der Waals surface area contributed by atoms with Gasteiger partial charge in [-0.2, -0.15) is 5.10 Å². The zero-order chi connectivity index (χ0) is 18.4. The molecule has 0 amide bonds. The summed E-state index contributed by atoms with van der Waals surface area (Å²) in [5, 5.41) is 7.68. The molecule has 8 heteroatoms. The van der Waals surface area contributed by atoms with Gasteiger partial charge in [-0.1, -0.05) is 6.92 Å². The summed E-state index contributed by atoms with van der Waals surface area (Å²) in [6.45, 7) is 5.78. The van der Waals surface area contributed by atoms with Crippen molar-refractivity contribution in [1.29, 1.82) is 0 Å². The van der Waals surface area contributed by atoms with Gasteiger partial charge >= 0.3 is 0 Å². The first-order chi connectivity index (χ1) is 13.2. The first kappa shape index (κ1) is 16.7. The molecule has 5 rings (SSSR count). The molecule has 1 saturated heterocycles. The van der Waals surface area contributed by atoms with Gasteiger partial charge in [0.05, 0.1) is 11.9 Å². The molecule has 0 spiro atoms. The average molecular weight is 366 g/mol. The minimum atomic E-state index is 0.161. The molecule has 27 heavy (non-hydrogen) atoms. The van der Waals surface area contributed by atoms with E-state index in [4.69, 9.17) is 15.7 Å². The van der Waals surface area contributed by atoms with E-state index < -0.39 is 0 Å². The second-order valence-electron chi connectivity index (χ2n) is 8.16. The van der Waals surface area contributed by atoms with Gasteiger partial charge < -0.3 is 15.5 Å². The molecular formula is C19H26N8. The molecular weight excluding hydrogens is 340 g/mol. The highest BCUT2D eigenvalue weighted by molar-refractivity contribution is 5.85. The fourth-order valence-electron chi connectivity index (χ4n) is 4.37. The first-order valence-electron chi connectivity index (χ1n) is 9.85. The van der Waals surface area contributed by atoms with E-state index in [1.54, 1.807) is 0 Å². The molecule has 1 atom stereocenters. The average Bonchev–Trinajstić information content (AvgIpc) is 3.31. The number of fused-ring (bicyclic) bond motifs is 1. The summed E-state index contributed by atoms with van der Waals surface area (Å²) in [5.41, 5.74) is 10.2. The molecule has 3 aliphatic heterocycles. The molecule has 3 aliphatic rings. The van der Waals surface area contributed by atoms with E-state index in [1.165, 1.54) is 11.4 Å². The minimum absolute atomic E-state index is 0.161. The number of H-pyrrole nitrogens is 1. The van der Waals surface area contributed by atoms with Crippen molar-refractivity contribution in [3.05, 3.63) is 17.6 Å². The third kappa shape index (κ3) is 2.79. The maximum atomic E-state index is 5.94. The molecule has 8 nitrogen and oxygen atoms in total. The number of aromatic nitrogens is 4. The second-order valence-corrected chi connectivity index (χ2v) is 8.16. The molecule has 0 aliphatic carbocycles. The Morgan fingerprint density at radius 1 is 1.30 bits per heavy atom. The fourth-order valence-corrected chi connectivity index (χ4v) is 4.37. The van der Waals surface area contributed by atoms with Crippen LogP contribution in [0, 0.1) is 5.41 Å². The van der Waals surface area contributed by atoms with Gasteiger partial charge in [-0.25, -0.2) is 9.97 Å². The Kier molecular flexibility index (Phi) is 3.89. The second kappa shape index (κ2) is 6.30. The lowest BCUT2D eigenvalue weighted by molar-refractivity contribution is 0.383. The van der Waals surface area contributed by atoms with Crippen LogP contribution in [0.5, 0.6) is 0 Å². The van der Waals surface area contributed by atoms with Gasteiger partial charge in [0.2, 0.25) is 0 Å². The minimum Gasteiger partial charge on any atom is -0.355 e. The van der Waals surface area contributed by atoms with Crippen molar-refractivity contribution < 1.29 is 0 Å². The number of aliphatic imine (C=N–C) groups is 1. The Morgan fingerprint density at radius 2 is 2.22 bits per heavy atom. The number of rotatable bonds is 3. The molecule has 0 bridgehead atoms. The summed E-state index contributed by atoms with van der Waals surface area (Å²) in [6.07, 6.45) is 9.14. The summed E-state index contributed by atoms with van der Waals surface area (Å²) < 4.78 is 0. The van der Waals surface area contributed by atoms with Crippen LogP contribution >= 0.6 is 0 Å². The first-order valence-corrected chi connectivity index (χ1v) is 9.85. The SMILES string of the molecule is CC1(CN)CCN(c2cnc3c(N4CCCC5=C4CCC=N5)n[nH]c3n2)C1. The van der Waals surface area contributed by atoms with Crippen molar-refractivity contribution >= 4 is 29.0 Å². The summed E-state index contributed by atoms with van der Waals surface area (Å²) in [4.78, 5) is 18.7. The molecule has 1 fully saturated rings. The van der Waals surface area contributed by atoms with Crippen LogP contribution in [0.3, 0.4) is 0 Å². The Labute approximate surface area is 158 Å². The van der Waals surface area contributed by atoms with E-state index in [0.29, 0.717) is 6.54 Å². The van der Waals surface area contributed by atoms with E-state index in [9.17, 15) is 0 Å². The maximum absolute atomic E-state index is 5.94. The van der Waals surface area contributed by atoms with E-state index in [-0.39, 0.29) is 5.41 Å². The van der Waals surface area contributed by atoms with E-state index >= 15 is 0 Å². The monoisotopic (exact) mass is 366 g/mol. The number of anilines is 2. The molecule has 142 valence electrons. The highest BCUT2D eigenvalue weighted by Crippen LogP contribution is 2.36. The Bertz CT molecular complexity index is 929. The van der Waals surface area contributed by atoms with Crippen LogP contribution in [-0.2, 0) is 0 Å². The topological polar surface area (TPSA) is 99.3 Å². The van der Waals surface area contributed by atoms with Crippen molar-refractivity contribution in [2.45, 2.75) is 39.0 Å². The number of nitrogens with one attached hydrogen (secondary N) is 1. The molecule has 0 saturated carbocycles. The maximum Gasteiger partial charge on any atom is 0.183 e. The lowest BCUT2D eigenvalue weighted by Gasteiger charge is -2.32. The van der Waals surface area contributed by atoms with Crippen molar-refractivity contribution in [3.8, 4) is 0 Å². The normalized spacial score (nSPS) is 25.6. The Balaban J connectivity index is 1.47. The van der Waals surface area contributed by atoms with E-state index in [2.05, 4.69) is 31.9 Å². The Morgan fingerprint density at radius 3 is 3.07 bits per heavy atom. The summed E-state index contributed by atoms with van der Waals surface area (Å²) in [6, 6.07) is 0. The summed E-state index contributed by atoms with van der Waals surface area (Å²) in [5.74, 6) is 1.78. The fraction of sp³-hybridized carbons (Fsp3) is 0.579. The molecule has 5 heterocycles. The molecule has 0 aromatic carbocycles. The number of allylic oxidation sites excluding steroid dienone is 2. The van der Waals surface area contributed by atoms with Crippen LogP contribution in [0.25, 0.3) is 11.2 Å². The molecule has 1 unspecified atom stereocenters. The quantitative estimate of drug-likeness (QED) is 0.864. The van der Waals surface area contributed by atoms with Crippen molar-refractivity contribution in [3.63, 3.8) is 0 Å². The number of hydrogen-bond acceptors (Lipinski definition) is 7. The van der Waals surface area contributed by atoms with Gasteiger partial charge in [-0.3, -0.25) is 10.1 Å². The third-order valence-electron chi connectivity index (χ3n) is 6.08. The lowest BCUT2D eigenvalue weighted by atomic mass is 9.90. The molecule has 0 radical (unpaired) electrons. The Hall–Kier alpha value is -2.48. The number of nitrogens with zero attached hydrogens (tertiary/aromatic N) is 6. The van der Waals surface area contributed by atoms with E-state index in [0.717, 1.165) is 74.5 Å². The van der Waals surface area contributed by atoms with Gasteiger partial charge in [0.15, 0.2) is 17.0 Å². The van der Waals surface area contributed by atoms with Crippen molar-refractivity contribution in [2.24, 2.45) is 16.1 Å². The zero-order valence-electron chi connectivity index (χ0n) is 15.8. The largest absolute Gasteiger partial charge is 0.355 e. The van der Waals surface area contributed by atoms with Crippen molar-refractivity contribution in [1.82, 2.24) is 20.2 Å². The smallest absolute Gasteiger partial charge is 0.183 e. The van der Waals surface area contributed by atoms with Crippen LogP contribution in [-0.4, -0.2) is 52.6 Å². The molecule has 2 aromatic rings. The van der Waals surface area contributed by atoms with Gasteiger partial charge in [0.25, 0.3) is 0 Å². The van der Waals surface area contributed by atoms with Crippen LogP contribution < -0.4 is 15.5 Å². The van der Waals surface area contributed by atoms with Crippen LogP contribution in [0.1, 0.15) is 39.0 Å².